The van der Waals surface area contributed by atoms with Gasteiger partial charge in [0.25, 0.3) is 0 Å². The van der Waals surface area contributed by atoms with Gasteiger partial charge in [0.05, 0.1) is 5.56 Å². The second-order valence-electron chi connectivity index (χ2n) is 3.52. The van der Waals surface area contributed by atoms with Crippen molar-refractivity contribution in [1.29, 1.82) is 0 Å². The highest BCUT2D eigenvalue weighted by atomic mass is 19.2. The van der Waals surface area contributed by atoms with E-state index in [1.165, 1.54) is 0 Å². The van der Waals surface area contributed by atoms with E-state index in [1.54, 1.807) is 0 Å². The fourth-order valence-corrected chi connectivity index (χ4v) is 1.31. The first-order chi connectivity index (χ1) is 8.34. The van der Waals surface area contributed by atoms with E-state index in [-0.39, 0.29) is 18.9 Å². The van der Waals surface area contributed by atoms with Crippen LogP contribution >= 0.6 is 0 Å². The van der Waals surface area contributed by atoms with Gasteiger partial charge in [-0.25, -0.2) is 17.6 Å². The normalized spacial score (nSPS) is 10.4. The molecule has 0 bridgehead atoms. The molecule has 0 radical (unpaired) electrons. The van der Waals surface area contributed by atoms with Gasteiger partial charge in [-0.05, 0) is 12.5 Å². The largest absolute Gasteiger partial charge is 0.481 e. The Kier molecular flexibility index (Phi) is 4.41. The molecule has 0 spiro atoms. The topological polar surface area (TPSA) is 54.4 Å². The van der Waals surface area contributed by atoms with Gasteiger partial charge in [-0.2, -0.15) is 0 Å². The van der Waals surface area contributed by atoms with Crippen LogP contribution in [0.2, 0.25) is 0 Å². The molecule has 0 fully saturated rings. The number of carbonyl (C=O) groups is 2. The van der Waals surface area contributed by atoms with Crippen LogP contribution in [0.25, 0.3) is 0 Å². The summed E-state index contributed by atoms with van der Waals surface area (Å²) in [7, 11) is 0. The minimum Gasteiger partial charge on any atom is -0.481 e. The molecule has 3 nitrogen and oxygen atoms in total. The minimum atomic E-state index is -2.06. The second-order valence-corrected chi connectivity index (χ2v) is 3.52. The number of aliphatic carboxylic acids is 1. The quantitative estimate of drug-likeness (QED) is 0.385. The number of carboxylic acid groups (broad SMARTS) is 1. The third kappa shape index (κ3) is 3.06. The fourth-order valence-electron chi connectivity index (χ4n) is 1.31. The molecular weight excluding hydrogens is 256 g/mol. The SMILES string of the molecule is O=C(O)CCCC(=O)c1cc(F)c(F)c(F)c1F. The van der Waals surface area contributed by atoms with E-state index in [9.17, 15) is 27.2 Å². The van der Waals surface area contributed by atoms with E-state index >= 15 is 0 Å². The molecule has 0 unspecified atom stereocenters. The molecular formula is C11H8F4O3. The molecule has 0 heterocycles. The van der Waals surface area contributed by atoms with Crippen molar-refractivity contribution in [3.63, 3.8) is 0 Å². The van der Waals surface area contributed by atoms with Gasteiger partial charge in [-0.3, -0.25) is 9.59 Å². The van der Waals surface area contributed by atoms with Crippen LogP contribution in [0.4, 0.5) is 17.6 Å². The van der Waals surface area contributed by atoms with Crippen LogP contribution in [0.3, 0.4) is 0 Å². The van der Waals surface area contributed by atoms with Crippen molar-refractivity contribution in [2.45, 2.75) is 19.3 Å². The average Bonchev–Trinajstić information content (AvgIpc) is 2.30. The second kappa shape index (κ2) is 5.61. The highest BCUT2D eigenvalue weighted by Crippen LogP contribution is 2.20. The summed E-state index contributed by atoms with van der Waals surface area (Å²) in [6.45, 7) is 0. The first-order valence-electron chi connectivity index (χ1n) is 4.92. The van der Waals surface area contributed by atoms with Gasteiger partial charge in [0.15, 0.2) is 29.1 Å². The smallest absolute Gasteiger partial charge is 0.303 e. The summed E-state index contributed by atoms with van der Waals surface area (Å²) in [6, 6.07) is 0.261. The van der Waals surface area contributed by atoms with Crippen molar-refractivity contribution in [2.75, 3.05) is 0 Å². The molecule has 0 saturated carbocycles. The van der Waals surface area contributed by atoms with Crippen LogP contribution in [0.15, 0.2) is 6.07 Å². The van der Waals surface area contributed by atoms with Gasteiger partial charge in [-0.15, -0.1) is 0 Å². The number of carboxylic acids is 1. The Morgan fingerprint density at radius 2 is 1.61 bits per heavy atom. The number of ketones is 1. The van der Waals surface area contributed by atoms with Crippen LogP contribution < -0.4 is 0 Å². The molecule has 0 aromatic heterocycles. The molecule has 1 aromatic carbocycles. The van der Waals surface area contributed by atoms with Crippen molar-refractivity contribution >= 4 is 11.8 Å². The van der Waals surface area contributed by atoms with Crippen LogP contribution in [0, 0.1) is 23.3 Å². The van der Waals surface area contributed by atoms with Gasteiger partial charge in [-0.1, -0.05) is 0 Å². The number of hydrogen-bond donors (Lipinski definition) is 1. The summed E-state index contributed by atoms with van der Waals surface area (Å²) in [5.41, 5.74) is -0.920. The summed E-state index contributed by atoms with van der Waals surface area (Å²) < 4.78 is 51.4. The zero-order valence-corrected chi connectivity index (χ0v) is 8.97. The van der Waals surface area contributed by atoms with E-state index in [0.29, 0.717) is 0 Å². The maximum Gasteiger partial charge on any atom is 0.303 e. The Labute approximate surface area is 99.0 Å². The number of benzene rings is 1. The lowest BCUT2D eigenvalue weighted by Gasteiger charge is -2.04. The van der Waals surface area contributed by atoms with Gasteiger partial charge < -0.3 is 5.11 Å². The summed E-state index contributed by atoms with van der Waals surface area (Å²) >= 11 is 0. The average molecular weight is 264 g/mol. The number of hydrogen-bond acceptors (Lipinski definition) is 2. The van der Waals surface area contributed by atoms with E-state index in [2.05, 4.69) is 0 Å². The molecule has 0 aliphatic carbocycles. The predicted molar refractivity (Wildman–Crippen MR) is 52.1 cm³/mol. The van der Waals surface area contributed by atoms with Crippen molar-refractivity contribution < 1.29 is 32.3 Å². The Bertz CT molecular complexity index is 500. The van der Waals surface area contributed by atoms with Gasteiger partial charge in [0.1, 0.15) is 0 Å². The molecule has 0 aliphatic heterocycles. The monoisotopic (exact) mass is 264 g/mol. The maximum atomic E-state index is 13.2. The molecule has 7 heteroatoms. The number of rotatable bonds is 5. The zero-order valence-electron chi connectivity index (χ0n) is 8.97. The van der Waals surface area contributed by atoms with Crippen LogP contribution in [-0.2, 0) is 4.79 Å². The maximum absolute atomic E-state index is 13.2. The third-order valence-corrected chi connectivity index (χ3v) is 2.20. The Morgan fingerprint density at radius 1 is 1.00 bits per heavy atom. The Hall–Kier alpha value is -1.92. The van der Waals surface area contributed by atoms with Crippen molar-refractivity contribution in [1.82, 2.24) is 0 Å². The lowest BCUT2D eigenvalue weighted by atomic mass is 10.0. The summed E-state index contributed by atoms with van der Waals surface area (Å²) in [5.74, 6) is -9.62. The van der Waals surface area contributed by atoms with Gasteiger partial charge in [0.2, 0.25) is 0 Å². The zero-order chi connectivity index (χ0) is 13.9. The van der Waals surface area contributed by atoms with Crippen molar-refractivity contribution in [2.24, 2.45) is 0 Å². The number of carbonyl (C=O) groups excluding carboxylic acids is 1. The predicted octanol–water partition coefficient (Wildman–Crippen LogP) is 2.68. The first kappa shape index (κ1) is 14.1. The van der Waals surface area contributed by atoms with Gasteiger partial charge >= 0.3 is 5.97 Å². The van der Waals surface area contributed by atoms with E-state index in [4.69, 9.17) is 5.11 Å². The number of halogens is 4. The summed E-state index contributed by atoms with van der Waals surface area (Å²) in [5, 5.41) is 8.32. The molecule has 0 atom stereocenters. The molecule has 18 heavy (non-hydrogen) atoms. The highest BCUT2D eigenvalue weighted by Gasteiger charge is 2.22. The van der Waals surface area contributed by atoms with E-state index in [0.717, 1.165) is 0 Å². The van der Waals surface area contributed by atoms with Gasteiger partial charge in [0, 0.05) is 12.8 Å². The van der Waals surface area contributed by atoms with Crippen molar-refractivity contribution in [3.8, 4) is 0 Å². The molecule has 1 N–H and O–H groups in total. The standard InChI is InChI=1S/C11H8F4O3/c12-6-4-5(9(13)11(15)10(6)14)7(16)2-1-3-8(17)18/h4H,1-3H2,(H,17,18). The summed E-state index contributed by atoms with van der Waals surface area (Å²) in [6.07, 6.45) is -0.832. The minimum absolute atomic E-state index is 0.103. The van der Waals surface area contributed by atoms with E-state index < -0.39 is 47.0 Å². The fraction of sp³-hybridized carbons (Fsp3) is 0.273. The summed E-state index contributed by atoms with van der Waals surface area (Å²) in [4.78, 5) is 21.6. The highest BCUT2D eigenvalue weighted by molar-refractivity contribution is 5.96. The first-order valence-corrected chi connectivity index (χ1v) is 4.92. The lowest BCUT2D eigenvalue weighted by molar-refractivity contribution is -0.137. The number of Topliss-reactive ketones (excluding diaryl/α,β-unsaturated/α-hetero) is 1. The molecule has 0 saturated heterocycles. The molecule has 1 aromatic rings. The van der Waals surface area contributed by atoms with Crippen LogP contribution in [-0.4, -0.2) is 16.9 Å². The third-order valence-electron chi connectivity index (χ3n) is 2.20. The van der Waals surface area contributed by atoms with E-state index in [1.807, 2.05) is 0 Å². The lowest BCUT2D eigenvalue weighted by Crippen LogP contribution is -2.08. The molecule has 0 aliphatic rings. The molecule has 0 amide bonds. The van der Waals surface area contributed by atoms with Crippen LogP contribution in [0.1, 0.15) is 29.6 Å². The Morgan fingerprint density at radius 3 is 2.17 bits per heavy atom. The molecule has 1 rings (SSSR count). The van der Waals surface area contributed by atoms with Crippen LogP contribution in [0.5, 0.6) is 0 Å². The molecule has 98 valence electrons. The Balaban J connectivity index is 2.90. The van der Waals surface area contributed by atoms with Crippen molar-refractivity contribution in [3.05, 3.63) is 34.9 Å².